The summed E-state index contributed by atoms with van der Waals surface area (Å²) >= 11 is 5.98. The van der Waals surface area contributed by atoms with E-state index in [2.05, 4.69) is 0 Å². The Morgan fingerprint density at radius 1 is 1.03 bits per heavy atom. The van der Waals surface area contributed by atoms with Crippen LogP contribution in [0.2, 0.25) is 5.02 Å². The zero-order valence-electron chi connectivity index (χ0n) is 18.5. The summed E-state index contributed by atoms with van der Waals surface area (Å²) in [5, 5.41) is 2.46. The number of hydrogen-bond donors (Lipinski definition) is 0. The van der Waals surface area contributed by atoms with E-state index in [4.69, 9.17) is 11.6 Å². The fourth-order valence-electron chi connectivity index (χ4n) is 4.70. The van der Waals surface area contributed by atoms with Crippen molar-refractivity contribution in [1.29, 1.82) is 0 Å². The quantitative estimate of drug-likeness (QED) is 0.357. The fourth-order valence-corrected chi connectivity index (χ4v) is 4.83. The van der Waals surface area contributed by atoms with Gasteiger partial charge in [-0.25, -0.2) is 5.01 Å². The molecule has 4 rings (SSSR count). The molecular formula is C26H25ClN2O4. The highest BCUT2D eigenvalue weighted by Gasteiger charge is 2.54. The highest BCUT2D eigenvalue weighted by molar-refractivity contribution is 6.30. The lowest BCUT2D eigenvalue weighted by Crippen LogP contribution is -2.57. The largest absolute Gasteiger partial charge is 0.292 e. The Balaban J connectivity index is 1.80. The van der Waals surface area contributed by atoms with Crippen LogP contribution in [0, 0.1) is 17.8 Å². The second-order valence-electron chi connectivity index (χ2n) is 8.45. The number of hydrazine groups is 1. The molecule has 2 aromatic rings. The van der Waals surface area contributed by atoms with Gasteiger partial charge < -0.3 is 0 Å². The molecular weight excluding hydrogens is 440 g/mol. The molecule has 4 atom stereocenters. The van der Waals surface area contributed by atoms with Gasteiger partial charge in [0.05, 0.1) is 11.8 Å². The molecule has 0 radical (unpaired) electrons. The number of carbonyl (C=O) groups excluding carboxylic acids is 4. The number of carbonyl (C=O) groups is 4. The summed E-state index contributed by atoms with van der Waals surface area (Å²) in [6, 6.07) is 13.7. The molecule has 170 valence electrons. The molecule has 0 N–H and O–H groups in total. The molecule has 0 saturated carbocycles. The lowest BCUT2D eigenvalue weighted by Gasteiger charge is -2.36. The Hall–Kier alpha value is -3.25. The van der Waals surface area contributed by atoms with Gasteiger partial charge in [0.15, 0.2) is 5.78 Å². The van der Waals surface area contributed by atoms with E-state index in [0.29, 0.717) is 17.0 Å². The molecule has 7 heteroatoms. The Labute approximate surface area is 197 Å². The number of benzene rings is 2. The van der Waals surface area contributed by atoms with Gasteiger partial charge in [-0.05, 0) is 43.0 Å². The van der Waals surface area contributed by atoms with Crippen molar-refractivity contribution in [1.82, 2.24) is 10.0 Å². The number of hydrogen-bond acceptors (Lipinski definition) is 4. The third kappa shape index (κ3) is 4.11. The molecule has 0 bridgehead atoms. The first kappa shape index (κ1) is 22.9. The highest BCUT2D eigenvalue weighted by atomic mass is 35.5. The number of ketones is 1. The molecule has 2 aliphatic rings. The molecule has 33 heavy (non-hydrogen) atoms. The second-order valence-corrected chi connectivity index (χ2v) is 8.89. The van der Waals surface area contributed by atoms with Crippen LogP contribution in [-0.2, 0) is 9.59 Å². The lowest BCUT2D eigenvalue weighted by atomic mass is 9.78. The minimum absolute atomic E-state index is 0.136. The molecule has 1 fully saturated rings. The van der Waals surface area contributed by atoms with Gasteiger partial charge in [0.25, 0.3) is 17.7 Å². The van der Waals surface area contributed by atoms with Crippen LogP contribution < -0.4 is 0 Å². The number of allylic oxidation sites excluding steroid dienone is 2. The van der Waals surface area contributed by atoms with Crippen LogP contribution in [0.4, 0.5) is 0 Å². The van der Waals surface area contributed by atoms with E-state index in [-0.39, 0.29) is 23.7 Å². The van der Waals surface area contributed by atoms with Crippen molar-refractivity contribution in [2.24, 2.45) is 17.8 Å². The molecule has 0 aromatic heterocycles. The predicted octanol–water partition coefficient (Wildman–Crippen LogP) is 4.56. The number of imide groups is 1. The van der Waals surface area contributed by atoms with Crippen LogP contribution in [0.15, 0.2) is 66.7 Å². The topological polar surface area (TPSA) is 74.8 Å². The Bertz CT molecular complexity index is 1110. The van der Waals surface area contributed by atoms with Gasteiger partial charge in [0.2, 0.25) is 0 Å². The first-order valence-electron chi connectivity index (χ1n) is 11.1. The normalized spacial score (nSPS) is 22.8. The molecule has 0 spiro atoms. The number of rotatable bonds is 6. The lowest BCUT2D eigenvalue weighted by molar-refractivity contribution is -0.156. The van der Waals surface area contributed by atoms with Gasteiger partial charge in [-0.15, -0.1) is 0 Å². The first-order valence-corrected chi connectivity index (χ1v) is 11.5. The maximum atomic E-state index is 13.7. The van der Waals surface area contributed by atoms with Crippen molar-refractivity contribution >= 4 is 35.1 Å². The molecule has 1 saturated heterocycles. The van der Waals surface area contributed by atoms with E-state index in [1.54, 1.807) is 49.4 Å². The van der Waals surface area contributed by atoms with Crippen LogP contribution in [0.1, 0.15) is 47.4 Å². The van der Waals surface area contributed by atoms with Gasteiger partial charge >= 0.3 is 0 Å². The summed E-state index contributed by atoms with van der Waals surface area (Å²) in [6.07, 6.45) is 4.49. The van der Waals surface area contributed by atoms with Crippen LogP contribution in [-0.4, -0.2) is 39.6 Å². The van der Waals surface area contributed by atoms with Crippen molar-refractivity contribution in [3.05, 3.63) is 82.9 Å². The van der Waals surface area contributed by atoms with E-state index in [9.17, 15) is 19.2 Å². The van der Waals surface area contributed by atoms with Gasteiger partial charge in [0, 0.05) is 16.1 Å². The number of halogens is 1. The van der Waals surface area contributed by atoms with Crippen LogP contribution in [0.25, 0.3) is 0 Å². The highest BCUT2D eigenvalue weighted by Crippen LogP contribution is 2.40. The summed E-state index contributed by atoms with van der Waals surface area (Å²) in [5.41, 5.74) is 0.644. The van der Waals surface area contributed by atoms with E-state index < -0.39 is 35.6 Å². The van der Waals surface area contributed by atoms with Crippen molar-refractivity contribution in [2.75, 3.05) is 0 Å². The van der Waals surface area contributed by atoms with Crippen molar-refractivity contribution in [3.8, 4) is 0 Å². The van der Waals surface area contributed by atoms with Crippen molar-refractivity contribution in [3.63, 3.8) is 0 Å². The third-order valence-electron chi connectivity index (χ3n) is 6.41. The summed E-state index contributed by atoms with van der Waals surface area (Å²) in [4.78, 5) is 54.2. The zero-order valence-corrected chi connectivity index (χ0v) is 19.2. The maximum absolute atomic E-state index is 13.7. The number of nitrogens with zero attached hydrogens (tertiary/aromatic N) is 2. The van der Waals surface area contributed by atoms with Crippen molar-refractivity contribution < 1.29 is 19.2 Å². The fraction of sp³-hybridized carbons (Fsp3) is 0.308. The molecule has 1 aliphatic carbocycles. The Morgan fingerprint density at radius 3 is 2.30 bits per heavy atom. The second kappa shape index (κ2) is 9.32. The number of fused-ring (bicyclic) bond motifs is 1. The number of amides is 3. The SMILES string of the molecule is CC[C@H](C(=O)c1ccccc1)N(C(=O)c1ccc(Cl)cc1)N1C(=O)[C@@H]2[C@H](C)C=CC[C@H]2C1=O. The van der Waals surface area contributed by atoms with Crippen LogP contribution in [0.3, 0.4) is 0 Å². The summed E-state index contributed by atoms with van der Waals surface area (Å²) in [5.74, 6) is -3.03. The van der Waals surface area contributed by atoms with Gasteiger partial charge in [-0.1, -0.05) is 67.9 Å². The standard InChI is InChI=1S/C26H25ClN2O4/c1-3-21(23(30)17-9-5-4-6-10-17)28(24(31)18-12-14-19(27)15-13-18)29-25(32)20-11-7-8-16(2)22(20)26(29)33/h4-10,12-16,20-22H,3,11H2,1-2H3/t16-,20-,21-,22-/m1/s1. The molecule has 1 aliphatic heterocycles. The summed E-state index contributed by atoms with van der Waals surface area (Å²) in [6.45, 7) is 3.65. The van der Waals surface area contributed by atoms with Gasteiger partial charge in [-0.3, -0.25) is 19.2 Å². The minimum Gasteiger partial charge on any atom is -0.292 e. The monoisotopic (exact) mass is 464 g/mol. The Morgan fingerprint density at radius 2 is 1.70 bits per heavy atom. The third-order valence-corrected chi connectivity index (χ3v) is 6.66. The van der Waals surface area contributed by atoms with Crippen LogP contribution >= 0.6 is 11.6 Å². The molecule has 3 amide bonds. The first-order chi connectivity index (χ1) is 15.8. The van der Waals surface area contributed by atoms with E-state index in [0.717, 1.165) is 10.0 Å². The van der Waals surface area contributed by atoms with Gasteiger partial charge in [0.1, 0.15) is 6.04 Å². The summed E-state index contributed by atoms with van der Waals surface area (Å²) in [7, 11) is 0. The van der Waals surface area contributed by atoms with Crippen LogP contribution in [0.5, 0.6) is 0 Å². The average Bonchev–Trinajstić information content (AvgIpc) is 3.08. The molecule has 6 nitrogen and oxygen atoms in total. The molecule has 0 unspecified atom stereocenters. The maximum Gasteiger partial charge on any atom is 0.273 e. The molecule has 2 aromatic carbocycles. The predicted molar refractivity (Wildman–Crippen MR) is 124 cm³/mol. The zero-order chi connectivity index (χ0) is 23.7. The summed E-state index contributed by atoms with van der Waals surface area (Å²) < 4.78 is 0. The smallest absolute Gasteiger partial charge is 0.273 e. The van der Waals surface area contributed by atoms with Gasteiger partial charge in [-0.2, -0.15) is 5.01 Å². The Kier molecular flexibility index (Phi) is 6.47. The number of Topliss-reactive ketones (excluding diaryl/α,β-unsaturated/α-hetero) is 1. The molecule has 1 heterocycles. The van der Waals surface area contributed by atoms with E-state index in [1.165, 1.54) is 12.1 Å². The van der Waals surface area contributed by atoms with E-state index in [1.807, 2.05) is 19.1 Å². The minimum atomic E-state index is -1.02. The average molecular weight is 465 g/mol. The van der Waals surface area contributed by atoms with E-state index >= 15 is 0 Å². The van der Waals surface area contributed by atoms with Crippen molar-refractivity contribution in [2.45, 2.75) is 32.7 Å².